The van der Waals surface area contributed by atoms with Crippen LogP contribution in [0.15, 0.2) is 0 Å². The van der Waals surface area contributed by atoms with Crippen molar-refractivity contribution in [3.05, 3.63) is 0 Å². The summed E-state index contributed by atoms with van der Waals surface area (Å²) in [7, 11) is 0. The summed E-state index contributed by atoms with van der Waals surface area (Å²) in [5, 5.41) is 2.94. The minimum absolute atomic E-state index is 0.0184. The number of amides is 2. The molecule has 1 heterocycles. The number of fused-ring (bicyclic) bond motifs is 2. The van der Waals surface area contributed by atoms with Gasteiger partial charge in [0.1, 0.15) is 0 Å². The molecule has 4 atom stereocenters. The highest BCUT2D eigenvalue weighted by Gasteiger charge is 2.50. The van der Waals surface area contributed by atoms with Crippen LogP contribution in [0.25, 0.3) is 0 Å². The number of piperidine rings is 1. The Bertz CT molecular complexity index is 402. The van der Waals surface area contributed by atoms with Gasteiger partial charge in [0, 0.05) is 32.1 Å². The Morgan fingerprint density at radius 2 is 1.75 bits per heavy atom. The summed E-state index contributed by atoms with van der Waals surface area (Å²) in [5.74, 6) is 1.45. The van der Waals surface area contributed by atoms with Gasteiger partial charge in [-0.15, -0.1) is 0 Å². The number of nitrogens with two attached hydrogens (primary N) is 1. The second-order valence-corrected chi connectivity index (χ2v) is 6.74. The number of hydrogen-bond donors (Lipinski definition) is 2. The maximum Gasteiger partial charge on any atom is 0.227 e. The summed E-state index contributed by atoms with van der Waals surface area (Å²) in [6.07, 6.45) is 5.26. The molecular weight excluding hydrogens is 254 g/mol. The summed E-state index contributed by atoms with van der Waals surface area (Å²) in [6, 6.07) is 0.305. The van der Waals surface area contributed by atoms with Crippen molar-refractivity contribution < 1.29 is 9.59 Å². The lowest BCUT2D eigenvalue weighted by molar-refractivity contribution is -0.139. The number of carbonyl (C=O) groups is 2. The predicted molar refractivity (Wildman–Crippen MR) is 75.7 cm³/mol. The van der Waals surface area contributed by atoms with E-state index in [0.29, 0.717) is 11.8 Å². The summed E-state index contributed by atoms with van der Waals surface area (Å²) in [5.41, 5.74) is 6.26. The first kappa shape index (κ1) is 13.9. The third kappa shape index (κ3) is 2.43. The molecule has 4 unspecified atom stereocenters. The van der Waals surface area contributed by atoms with E-state index in [1.54, 1.807) is 6.92 Å². The van der Waals surface area contributed by atoms with Crippen molar-refractivity contribution in [2.45, 2.75) is 51.1 Å². The van der Waals surface area contributed by atoms with Crippen molar-refractivity contribution in [1.29, 1.82) is 0 Å². The molecule has 2 aliphatic carbocycles. The minimum atomic E-state index is 0.0184. The maximum absolute atomic E-state index is 12.7. The monoisotopic (exact) mass is 279 g/mol. The first-order chi connectivity index (χ1) is 9.56. The predicted octanol–water partition coefficient (Wildman–Crippen LogP) is 0.487. The second kappa shape index (κ2) is 5.35. The Balaban J connectivity index is 1.56. The zero-order valence-corrected chi connectivity index (χ0v) is 12.2. The zero-order valence-electron chi connectivity index (χ0n) is 12.2. The number of nitrogens with zero attached hydrogens (tertiary/aromatic N) is 1. The molecule has 1 saturated heterocycles. The standard InChI is InChI=1S/C15H25N3O2/c1-9(19)17-12-4-6-18(7-5-12)15(20)13-10-2-3-11(8-10)14(13)16/h10-14H,2-8,16H2,1H3,(H,17,19). The van der Waals surface area contributed by atoms with Crippen LogP contribution in [0.2, 0.25) is 0 Å². The molecule has 0 spiro atoms. The zero-order chi connectivity index (χ0) is 14.3. The van der Waals surface area contributed by atoms with Crippen molar-refractivity contribution in [2.24, 2.45) is 23.5 Å². The average molecular weight is 279 g/mol. The molecular formula is C15H25N3O2. The van der Waals surface area contributed by atoms with Crippen molar-refractivity contribution in [2.75, 3.05) is 13.1 Å². The van der Waals surface area contributed by atoms with E-state index in [2.05, 4.69) is 5.32 Å². The Hall–Kier alpha value is -1.10. The lowest BCUT2D eigenvalue weighted by Crippen LogP contribution is -2.51. The van der Waals surface area contributed by atoms with Crippen LogP contribution >= 0.6 is 0 Å². The Labute approximate surface area is 120 Å². The van der Waals surface area contributed by atoms with Gasteiger partial charge in [-0.25, -0.2) is 0 Å². The van der Waals surface area contributed by atoms with Crippen molar-refractivity contribution in [3.63, 3.8) is 0 Å². The van der Waals surface area contributed by atoms with E-state index in [1.807, 2.05) is 4.90 Å². The molecule has 5 nitrogen and oxygen atoms in total. The van der Waals surface area contributed by atoms with Gasteiger partial charge in [-0.3, -0.25) is 9.59 Å². The third-order valence-corrected chi connectivity index (χ3v) is 5.48. The van der Waals surface area contributed by atoms with E-state index in [0.717, 1.165) is 32.4 Å². The average Bonchev–Trinajstić information content (AvgIpc) is 2.99. The van der Waals surface area contributed by atoms with Crippen molar-refractivity contribution >= 4 is 11.8 Å². The highest BCUT2D eigenvalue weighted by atomic mass is 16.2. The van der Waals surface area contributed by atoms with Crippen LogP contribution in [0, 0.1) is 17.8 Å². The molecule has 2 saturated carbocycles. The van der Waals surface area contributed by atoms with Gasteiger partial charge in [-0.2, -0.15) is 0 Å². The van der Waals surface area contributed by atoms with Crippen molar-refractivity contribution in [1.82, 2.24) is 10.2 Å². The smallest absolute Gasteiger partial charge is 0.227 e. The van der Waals surface area contributed by atoms with Gasteiger partial charge in [-0.05, 0) is 43.9 Å². The molecule has 2 amide bonds. The minimum Gasteiger partial charge on any atom is -0.353 e. The SMILES string of the molecule is CC(=O)NC1CCN(C(=O)C2C3CCC(C3)C2N)CC1. The van der Waals surface area contributed by atoms with Gasteiger partial charge in [-0.1, -0.05) is 0 Å². The van der Waals surface area contributed by atoms with Gasteiger partial charge in [0.05, 0.1) is 5.92 Å². The largest absolute Gasteiger partial charge is 0.353 e. The van der Waals surface area contributed by atoms with Gasteiger partial charge >= 0.3 is 0 Å². The lowest BCUT2D eigenvalue weighted by Gasteiger charge is -2.37. The topological polar surface area (TPSA) is 75.4 Å². The molecule has 0 aromatic rings. The van der Waals surface area contributed by atoms with E-state index in [-0.39, 0.29) is 29.8 Å². The van der Waals surface area contributed by atoms with Gasteiger partial charge in [0.15, 0.2) is 0 Å². The number of hydrogen-bond acceptors (Lipinski definition) is 3. The number of rotatable bonds is 2. The molecule has 0 aromatic heterocycles. The molecule has 1 aliphatic heterocycles. The van der Waals surface area contributed by atoms with Crippen LogP contribution < -0.4 is 11.1 Å². The fourth-order valence-electron chi connectivity index (χ4n) is 4.44. The van der Waals surface area contributed by atoms with Gasteiger partial charge in [0.25, 0.3) is 0 Å². The normalized spacial score (nSPS) is 37.2. The summed E-state index contributed by atoms with van der Waals surface area (Å²) in [6.45, 7) is 3.06. The summed E-state index contributed by atoms with van der Waals surface area (Å²) < 4.78 is 0. The van der Waals surface area contributed by atoms with E-state index >= 15 is 0 Å². The summed E-state index contributed by atoms with van der Waals surface area (Å²) >= 11 is 0. The molecule has 0 radical (unpaired) electrons. The molecule has 112 valence electrons. The second-order valence-electron chi connectivity index (χ2n) is 6.74. The van der Waals surface area contributed by atoms with Crippen LogP contribution in [0.4, 0.5) is 0 Å². The van der Waals surface area contributed by atoms with E-state index in [4.69, 9.17) is 5.73 Å². The number of carbonyl (C=O) groups excluding carboxylic acids is 2. The molecule has 2 bridgehead atoms. The Morgan fingerprint density at radius 1 is 1.10 bits per heavy atom. The fourth-order valence-corrected chi connectivity index (χ4v) is 4.44. The molecule has 5 heteroatoms. The van der Waals surface area contributed by atoms with Gasteiger partial charge in [0.2, 0.25) is 11.8 Å². The molecule has 3 N–H and O–H groups in total. The van der Waals surface area contributed by atoms with E-state index in [1.165, 1.54) is 12.8 Å². The number of likely N-dealkylation sites (tertiary alicyclic amines) is 1. The highest BCUT2D eigenvalue weighted by molar-refractivity contribution is 5.80. The van der Waals surface area contributed by atoms with Crippen molar-refractivity contribution in [3.8, 4) is 0 Å². The van der Waals surface area contributed by atoms with Crippen LogP contribution in [0.1, 0.15) is 39.0 Å². The lowest BCUT2D eigenvalue weighted by atomic mass is 9.83. The molecule has 3 rings (SSSR count). The highest BCUT2D eigenvalue weighted by Crippen LogP contribution is 2.48. The van der Waals surface area contributed by atoms with Crippen LogP contribution in [0.3, 0.4) is 0 Å². The van der Waals surface area contributed by atoms with E-state index < -0.39 is 0 Å². The Morgan fingerprint density at radius 3 is 2.30 bits per heavy atom. The Kier molecular flexibility index (Phi) is 3.71. The third-order valence-electron chi connectivity index (χ3n) is 5.48. The number of nitrogens with one attached hydrogen (secondary N) is 1. The van der Waals surface area contributed by atoms with Crippen LogP contribution in [0.5, 0.6) is 0 Å². The van der Waals surface area contributed by atoms with E-state index in [9.17, 15) is 9.59 Å². The molecule has 3 fully saturated rings. The summed E-state index contributed by atoms with van der Waals surface area (Å²) in [4.78, 5) is 25.7. The first-order valence-electron chi connectivity index (χ1n) is 7.87. The maximum atomic E-state index is 12.7. The fraction of sp³-hybridized carbons (Fsp3) is 0.867. The quantitative estimate of drug-likeness (QED) is 0.772. The molecule has 3 aliphatic rings. The van der Waals surface area contributed by atoms with Crippen LogP contribution in [-0.2, 0) is 9.59 Å². The first-order valence-corrected chi connectivity index (χ1v) is 7.87. The van der Waals surface area contributed by atoms with Crippen LogP contribution in [-0.4, -0.2) is 41.9 Å². The van der Waals surface area contributed by atoms with Gasteiger partial charge < -0.3 is 16.0 Å². The molecule has 0 aromatic carbocycles. The molecule has 20 heavy (non-hydrogen) atoms.